The molecule has 2 rings (SSSR count). The molecule has 0 aliphatic heterocycles. The Kier molecular flexibility index (Phi) is 7.83. The Morgan fingerprint density at radius 3 is 2.50 bits per heavy atom. The highest BCUT2D eigenvalue weighted by molar-refractivity contribution is 7.92. The lowest BCUT2D eigenvalue weighted by atomic mass is 10.2. The van der Waals surface area contributed by atoms with Gasteiger partial charge in [-0.1, -0.05) is 12.1 Å². The van der Waals surface area contributed by atoms with E-state index in [2.05, 4.69) is 4.72 Å². The summed E-state index contributed by atoms with van der Waals surface area (Å²) in [6, 6.07) is 12.6. The molecule has 0 aromatic heterocycles. The van der Waals surface area contributed by atoms with Crippen LogP contribution < -0.4 is 9.46 Å². The van der Waals surface area contributed by atoms with E-state index in [-0.39, 0.29) is 24.8 Å². The number of ether oxygens (including phenoxy) is 3. The summed E-state index contributed by atoms with van der Waals surface area (Å²) in [7, 11) is -1.94. The second kappa shape index (κ2) is 10.1. The van der Waals surface area contributed by atoms with Gasteiger partial charge in [0, 0.05) is 12.8 Å². The average molecular weight is 383 g/mol. The Bertz CT molecular complexity index is 780. The molecule has 0 aliphatic rings. The molecule has 0 radical (unpaired) electrons. The van der Waals surface area contributed by atoms with Crippen molar-refractivity contribution in [1.29, 1.82) is 0 Å². The second-order valence-corrected chi connectivity index (χ2v) is 7.31. The van der Waals surface area contributed by atoms with Crippen LogP contribution in [0, 0.1) is 5.82 Å². The van der Waals surface area contributed by atoms with Crippen molar-refractivity contribution >= 4 is 15.7 Å². The summed E-state index contributed by atoms with van der Waals surface area (Å²) in [4.78, 5) is 0. The first-order valence-corrected chi connectivity index (χ1v) is 9.68. The van der Waals surface area contributed by atoms with E-state index in [1.165, 1.54) is 12.1 Å². The predicted molar refractivity (Wildman–Crippen MR) is 97.3 cm³/mol. The van der Waals surface area contributed by atoms with E-state index in [4.69, 9.17) is 14.2 Å². The van der Waals surface area contributed by atoms with Crippen molar-refractivity contribution in [2.45, 2.75) is 6.61 Å². The Labute approximate surface area is 152 Å². The maximum Gasteiger partial charge on any atom is 0.234 e. The zero-order valence-electron chi connectivity index (χ0n) is 14.5. The van der Waals surface area contributed by atoms with Gasteiger partial charge in [0.15, 0.2) is 0 Å². The van der Waals surface area contributed by atoms with E-state index in [1.54, 1.807) is 43.5 Å². The minimum Gasteiger partial charge on any atom is -0.489 e. The Balaban J connectivity index is 1.80. The first-order valence-electron chi connectivity index (χ1n) is 8.03. The molecule has 0 saturated heterocycles. The highest BCUT2D eigenvalue weighted by atomic mass is 32.2. The summed E-state index contributed by atoms with van der Waals surface area (Å²) in [5.41, 5.74) is 1.14. The monoisotopic (exact) mass is 383 g/mol. The standard InChI is InChI=1S/C18H22FNO5S/c1-23-9-10-24-11-12-26(21,22)20-17-5-7-18(8-6-17)25-14-15-3-2-4-16(19)13-15/h2-8,13,20H,9-12,14H2,1H3. The van der Waals surface area contributed by atoms with Gasteiger partial charge in [0.05, 0.1) is 25.6 Å². The quantitative estimate of drug-likeness (QED) is 0.604. The van der Waals surface area contributed by atoms with Gasteiger partial charge in [-0.25, -0.2) is 12.8 Å². The molecule has 26 heavy (non-hydrogen) atoms. The fourth-order valence-electron chi connectivity index (χ4n) is 2.06. The van der Waals surface area contributed by atoms with Gasteiger partial charge in [-0.3, -0.25) is 4.72 Å². The molecule has 0 unspecified atom stereocenters. The molecule has 2 aromatic rings. The van der Waals surface area contributed by atoms with E-state index in [1.807, 2.05) is 0 Å². The minimum atomic E-state index is -3.49. The number of anilines is 1. The molecule has 142 valence electrons. The summed E-state index contributed by atoms with van der Waals surface area (Å²) in [6.07, 6.45) is 0. The third-order valence-corrected chi connectivity index (χ3v) is 4.60. The molecule has 0 bridgehead atoms. The molecule has 0 spiro atoms. The summed E-state index contributed by atoms with van der Waals surface area (Å²) in [6.45, 7) is 1.09. The average Bonchev–Trinajstić information content (AvgIpc) is 2.61. The summed E-state index contributed by atoms with van der Waals surface area (Å²) in [5, 5.41) is 0. The van der Waals surface area contributed by atoms with Crippen molar-refractivity contribution in [3.05, 3.63) is 59.9 Å². The Morgan fingerprint density at radius 1 is 1.04 bits per heavy atom. The van der Waals surface area contributed by atoms with E-state index < -0.39 is 10.0 Å². The van der Waals surface area contributed by atoms with Crippen LogP contribution in [0.4, 0.5) is 10.1 Å². The number of sulfonamides is 1. The van der Waals surface area contributed by atoms with Crippen LogP contribution in [0.25, 0.3) is 0 Å². The molecular formula is C18H22FNO5S. The second-order valence-electron chi connectivity index (χ2n) is 5.47. The summed E-state index contributed by atoms with van der Waals surface area (Å²) in [5.74, 6) is 0.0938. The van der Waals surface area contributed by atoms with Gasteiger partial charge in [-0.15, -0.1) is 0 Å². The molecule has 6 nitrogen and oxygen atoms in total. The molecule has 0 fully saturated rings. The van der Waals surface area contributed by atoms with Crippen LogP contribution >= 0.6 is 0 Å². The van der Waals surface area contributed by atoms with Crippen molar-refractivity contribution in [3.8, 4) is 5.75 Å². The number of hydrogen-bond acceptors (Lipinski definition) is 5. The van der Waals surface area contributed by atoms with Gasteiger partial charge >= 0.3 is 0 Å². The van der Waals surface area contributed by atoms with Crippen LogP contribution in [-0.4, -0.2) is 41.1 Å². The van der Waals surface area contributed by atoms with Crippen molar-refractivity contribution in [2.75, 3.05) is 37.4 Å². The first-order chi connectivity index (χ1) is 12.5. The third kappa shape index (κ3) is 7.38. The molecule has 0 heterocycles. The van der Waals surface area contributed by atoms with Gasteiger partial charge in [0.25, 0.3) is 0 Å². The largest absolute Gasteiger partial charge is 0.489 e. The normalized spacial score (nSPS) is 11.3. The molecule has 0 aliphatic carbocycles. The smallest absolute Gasteiger partial charge is 0.234 e. The number of methoxy groups -OCH3 is 1. The van der Waals surface area contributed by atoms with Gasteiger partial charge < -0.3 is 14.2 Å². The van der Waals surface area contributed by atoms with E-state index in [0.29, 0.717) is 30.2 Å². The maximum atomic E-state index is 13.1. The molecule has 1 N–H and O–H groups in total. The number of rotatable bonds is 11. The highest BCUT2D eigenvalue weighted by Gasteiger charge is 2.10. The predicted octanol–water partition coefficient (Wildman–Crippen LogP) is 2.81. The fraction of sp³-hybridized carbons (Fsp3) is 0.333. The Hall–Kier alpha value is -2.16. The van der Waals surface area contributed by atoms with Crippen LogP contribution in [0.15, 0.2) is 48.5 Å². The molecule has 0 amide bonds. The molecule has 8 heteroatoms. The van der Waals surface area contributed by atoms with Gasteiger partial charge in [-0.2, -0.15) is 0 Å². The Morgan fingerprint density at radius 2 is 1.81 bits per heavy atom. The zero-order chi connectivity index (χ0) is 18.8. The minimum absolute atomic E-state index is 0.0908. The number of halogens is 1. The van der Waals surface area contributed by atoms with Crippen molar-refractivity contribution in [3.63, 3.8) is 0 Å². The van der Waals surface area contributed by atoms with Gasteiger partial charge in [0.2, 0.25) is 10.0 Å². The van der Waals surface area contributed by atoms with Crippen molar-refractivity contribution in [1.82, 2.24) is 0 Å². The third-order valence-electron chi connectivity index (χ3n) is 3.35. The summed E-state index contributed by atoms with van der Waals surface area (Å²) < 4.78 is 55.1. The molecular weight excluding hydrogens is 361 g/mol. The maximum absolute atomic E-state index is 13.1. The van der Waals surface area contributed by atoms with Crippen LogP contribution in [-0.2, 0) is 26.1 Å². The lowest BCUT2D eigenvalue weighted by molar-refractivity contribution is 0.0785. The zero-order valence-corrected chi connectivity index (χ0v) is 15.3. The van der Waals surface area contributed by atoms with Crippen LogP contribution in [0.1, 0.15) is 5.56 Å². The number of nitrogens with one attached hydrogen (secondary N) is 1. The molecule has 2 aromatic carbocycles. The van der Waals surface area contributed by atoms with Crippen LogP contribution in [0.2, 0.25) is 0 Å². The molecule has 0 saturated carbocycles. The van der Waals surface area contributed by atoms with Crippen molar-refractivity contribution in [2.24, 2.45) is 0 Å². The molecule has 0 atom stereocenters. The van der Waals surface area contributed by atoms with Crippen LogP contribution in [0.3, 0.4) is 0 Å². The topological polar surface area (TPSA) is 73.9 Å². The number of hydrogen-bond donors (Lipinski definition) is 1. The van der Waals surface area contributed by atoms with E-state index in [0.717, 1.165) is 0 Å². The van der Waals surface area contributed by atoms with E-state index in [9.17, 15) is 12.8 Å². The lowest BCUT2D eigenvalue weighted by Gasteiger charge is -2.10. The summed E-state index contributed by atoms with van der Waals surface area (Å²) >= 11 is 0. The lowest BCUT2D eigenvalue weighted by Crippen LogP contribution is -2.20. The van der Waals surface area contributed by atoms with Crippen molar-refractivity contribution < 1.29 is 27.0 Å². The first kappa shape index (κ1) is 20.2. The van der Waals surface area contributed by atoms with E-state index >= 15 is 0 Å². The van der Waals surface area contributed by atoms with Gasteiger partial charge in [0.1, 0.15) is 18.2 Å². The highest BCUT2D eigenvalue weighted by Crippen LogP contribution is 2.18. The van der Waals surface area contributed by atoms with Gasteiger partial charge in [-0.05, 0) is 42.0 Å². The fourth-order valence-corrected chi connectivity index (χ4v) is 2.99. The number of benzene rings is 2. The SMILES string of the molecule is COCCOCCS(=O)(=O)Nc1ccc(OCc2cccc(F)c2)cc1. The van der Waals surface area contributed by atoms with Crippen LogP contribution in [0.5, 0.6) is 5.75 Å².